The van der Waals surface area contributed by atoms with Crippen LogP contribution in [0.2, 0.25) is 0 Å². The van der Waals surface area contributed by atoms with Gasteiger partial charge < -0.3 is 10.4 Å². The van der Waals surface area contributed by atoms with E-state index in [9.17, 15) is 9.59 Å². The van der Waals surface area contributed by atoms with Crippen LogP contribution < -0.4 is 5.32 Å². The molecule has 1 amide bonds. The van der Waals surface area contributed by atoms with Crippen molar-refractivity contribution in [3.63, 3.8) is 0 Å². The van der Waals surface area contributed by atoms with Gasteiger partial charge in [0.05, 0.1) is 4.88 Å². The van der Waals surface area contributed by atoms with Gasteiger partial charge >= 0.3 is 5.97 Å². The van der Waals surface area contributed by atoms with Crippen LogP contribution in [0, 0.1) is 6.92 Å². The standard InChI is InChI=1S/C12H10N2O3S/c1-7-4-5-13-10(6-7)14-11(15)8-2-3-9(18-8)12(16)17/h2-6H,1H3,(H,16,17)(H,13,14,15). The van der Waals surface area contributed by atoms with Gasteiger partial charge in [0.25, 0.3) is 5.91 Å². The van der Waals surface area contributed by atoms with E-state index in [2.05, 4.69) is 10.3 Å². The number of carboxylic acids is 1. The number of aromatic nitrogens is 1. The van der Waals surface area contributed by atoms with E-state index < -0.39 is 5.97 Å². The van der Waals surface area contributed by atoms with Gasteiger partial charge in [-0.3, -0.25) is 4.79 Å². The minimum Gasteiger partial charge on any atom is -0.477 e. The van der Waals surface area contributed by atoms with Crippen LogP contribution in [0.5, 0.6) is 0 Å². The monoisotopic (exact) mass is 262 g/mol. The van der Waals surface area contributed by atoms with E-state index in [1.165, 1.54) is 12.1 Å². The quantitative estimate of drug-likeness (QED) is 0.890. The molecule has 0 fully saturated rings. The van der Waals surface area contributed by atoms with Crippen molar-refractivity contribution in [3.05, 3.63) is 45.8 Å². The number of amides is 1. The van der Waals surface area contributed by atoms with Gasteiger partial charge in [0.2, 0.25) is 0 Å². The van der Waals surface area contributed by atoms with Gasteiger partial charge in [-0.05, 0) is 36.8 Å². The van der Waals surface area contributed by atoms with Crippen LogP contribution in [-0.4, -0.2) is 22.0 Å². The van der Waals surface area contributed by atoms with E-state index in [0.717, 1.165) is 16.9 Å². The number of anilines is 1. The Hall–Kier alpha value is -2.21. The Morgan fingerprint density at radius 2 is 2.00 bits per heavy atom. The molecule has 92 valence electrons. The summed E-state index contributed by atoms with van der Waals surface area (Å²) in [4.78, 5) is 27.0. The first-order chi connectivity index (χ1) is 8.56. The predicted molar refractivity (Wildman–Crippen MR) is 68.2 cm³/mol. The Morgan fingerprint density at radius 1 is 1.28 bits per heavy atom. The largest absolute Gasteiger partial charge is 0.477 e. The van der Waals surface area contributed by atoms with Gasteiger partial charge in [0.15, 0.2) is 0 Å². The topological polar surface area (TPSA) is 79.3 Å². The van der Waals surface area contributed by atoms with Crippen LogP contribution in [0.1, 0.15) is 24.9 Å². The fraction of sp³-hybridized carbons (Fsp3) is 0.0833. The van der Waals surface area contributed by atoms with Crippen LogP contribution in [0.3, 0.4) is 0 Å². The first kappa shape index (κ1) is 12.3. The summed E-state index contributed by atoms with van der Waals surface area (Å²) >= 11 is 0.933. The van der Waals surface area contributed by atoms with E-state index in [1.807, 2.05) is 13.0 Å². The molecule has 0 saturated heterocycles. The SMILES string of the molecule is Cc1ccnc(NC(=O)c2ccc(C(=O)O)s2)c1. The third-order valence-corrected chi connectivity index (χ3v) is 3.27. The van der Waals surface area contributed by atoms with Crippen molar-refractivity contribution in [1.82, 2.24) is 4.98 Å². The fourth-order valence-electron chi connectivity index (χ4n) is 1.36. The average Bonchev–Trinajstić information content (AvgIpc) is 2.78. The van der Waals surface area contributed by atoms with Crippen molar-refractivity contribution in [1.29, 1.82) is 0 Å². The third-order valence-electron chi connectivity index (χ3n) is 2.20. The number of hydrogen-bond donors (Lipinski definition) is 2. The van der Waals surface area contributed by atoms with Gasteiger partial charge in [-0.15, -0.1) is 11.3 Å². The first-order valence-corrected chi connectivity index (χ1v) is 5.95. The molecule has 0 spiro atoms. The van der Waals surface area contributed by atoms with Gasteiger partial charge in [-0.25, -0.2) is 9.78 Å². The van der Waals surface area contributed by atoms with E-state index in [0.29, 0.717) is 10.7 Å². The highest BCUT2D eigenvalue weighted by molar-refractivity contribution is 7.15. The Balaban J connectivity index is 2.14. The summed E-state index contributed by atoms with van der Waals surface area (Å²) in [5.74, 6) is -0.941. The van der Waals surface area contributed by atoms with Crippen LogP contribution in [0.25, 0.3) is 0 Å². The maximum Gasteiger partial charge on any atom is 0.345 e. The van der Waals surface area contributed by atoms with Crippen LogP contribution in [0.15, 0.2) is 30.5 Å². The lowest BCUT2D eigenvalue weighted by atomic mass is 10.3. The Kier molecular flexibility index (Phi) is 3.38. The number of thiophene rings is 1. The van der Waals surface area contributed by atoms with E-state index >= 15 is 0 Å². The lowest BCUT2D eigenvalue weighted by Crippen LogP contribution is -2.11. The number of pyridine rings is 1. The minimum atomic E-state index is -1.03. The number of rotatable bonds is 3. The molecule has 2 N–H and O–H groups in total. The number of nitrogens with one attached hydrogen (secondary N) is 1. The maximum absolute atomic E-state index is 11.8. The maximum atomic E-state index is 11.8. The number of nitrogens with zero attached hydrogens (tertiary/aromatic N) is 1. The summed E-state index contributed by atoms with van der Waals surface area (Å²) < 4.78 is 0. The third kappa shape index (κ3) is 2.72. The van der Waals surface area contributed by atoms with E-state index in [-0.39, 0.29) is 10.8 Å². The first-order valence-electron chi connectivity index (χ1n) is 5.13. The number of aryl methyl sites for hydroxylation is 1. The summed E-state index contributed by atoms with van der Waals surface area (Å²) in [6.07, 6.45) is 1.60. The van der Waals surface area contributed by atoms with Crippen molar-refractivity contribution in [2.75, 3.05) is 5.32 Å². The molecule has 2 aromatic heterocycles. The highest BCUT2D eigenvalue weighted by Gasteiger charge is 2.13. The smallest absolute Gasteiger partial charge is 0.345 e. The molecular weight excluding hydrogens is 252 g/mol. The summed E-state index contributed by atoms with van der Waals surface area (Å²) in [6, 6.07) is 6.46. The second-order valence-corrected chi connectivity index (χ2v) is 4.73. The molecule has 0 aliphatic carbocycles. The molecule has 2 rings (SSSR count). The van der Waals surface area contributed by atoms with Gasteiger partial charge in [0.1, 0.15) is 10.7 Å². The molecule has 0 radical (unpaired) electrons. The minimum absolute atomic E-state index is 0.136. The Bertz CT molecular complexity index is 607. The molecule has 2 heterocycles. The van der Waals surface area contributed by atoms with Crippen molar-refractivity contribution in [2.24, 2.45) is 0 Å². The molecule has 0 atom stereocenters. The molecular formula is C12H10N2O3S. The number of hydrogen-bond acceptors (Lipinski definition) is 4. The molecule has 0 aliphatic rings. The lowest BCUT2D eigenvalue weighted by Gasteiger charge is -2.02. The lowest BCUT2D eigenvalue weighted by molar-refractivity contribution is 0.0702. The van der Waals surface area contributed by atoms with Crippen LogP contribution >= 0.6 is 11.3 Å². The molecule has 0 aliphatic heterocycles. The van der Waals surface area contributed by atoms with Gasteiger partial charge in [-0.2, -0.15) is 0 Å². The van der Waals surface area contributed by atoms with E-state index in [1.54, 1.807) is 12.3 Å². The molecule has 18 heavy (non-hydrogen) atoms. The zero-order chi connectivity index (χ0) is 13.1. The molecule has 0 bridgehead atoms. The number of carbonyl (C=O) groups is 2. The summed E-state index contributed by atoms with van der Waals surface area (Å²) in [5, 5.41) is 11.4. The van der Waals surface area contributed by atoms with Crippen molar-refractivity contribution in [3.8, 4) is 0 Å². The summed E-state index contributed by atoms with van der Waals surface area (Å²) in [7, 11) is 0. The second-order valence-electron chi connectivity index (χ2n) is 3.64. The highest BCUT2D eigenvalue weighted by Crippen LogP contribution is 2.17. The number of carboxylic acid groups (broad SMARTS) is 1. The molecule has 6 heteroatoms. The zero-order valence-corrected chi connectivity index (χ0v) is 10.3. The molecule has 0 aromatic carbocycles. The second kappa shape index (κ2) is 4.97. The molecule has 2 aromatic rings. The fourth-order valence-corrected chi connectivity index (χ4v) is 2.10. The normalized spacial score (nSPS) is 10.1. The van der Waals surface area contributed by atoms with Crippen molar-refractivity contribution in [2.45, 2.75) is 6.92 Å². The van der Waals surface area contributed by atoms with Crippen molar-refractivity contribution >= 4 is 29.0 Å². The number of aromatic carboxylic acids is 1. The Labute approximate surface area is 107 Å². The zero-order valence-electron chi connectivity index (χ0n) is 9.51. The summed E-state index contributed by atoms with van der Waals surface area (Å²) in [6.45, 7) is 1.89. The van der Waals surface area contributed by atoms with Crippen LogP contribution in [0.4, 0.5) is 5.82 Å². The average molecular weight is 262 g/mol. The highest BCUT2D eigenvalue weighted by atomic mass is 32.1. The molecule has 0 unspecified atom stereocenters. The Morgan fingerprint density at radius 3 is 2.61 bits per heavy atom. The molecule has 0 saturated carbocycles. The van der Waals surface area contributed by atoms with Crippen molar-refractivity contribution < 1.29 is 14.7 Å². The molecule has 5 nitrogen and oxygen atoms in total. The number of carbonyl (C=O) groups excluding carboxylic acids is 1. The van der Waals surface area contributed by atoms with Gasteiger partial charge in [-0.1, -0.05) is 0 Å². The summed E-state index contributed by atoms with van der Waals surface area (Å²) in [5.41, 5.74) is 0.984. The van der Waals surface area contributed by atoms with E-state index in [4.69, 9.17) is 5.11 Å². The predicted octanol–water partition coefficient (Wildman–Crippen LogP) is 2.40. The van der Waals surface area contributed by atoms with Gasteiger partial charge in [0, 0.05) is 6.20 Å². The van der Waals surface area contributed by atoms with Crippen LogP contribution in [-0.2, 0) is 0 Å².